The molecule has 0 aromatic heterocycles. The molecule has 0 unspecified atom stereocenters. The molecule has 1 aliphatic rings. The van der Waals surface area contributed by atoms with Crippen molar-refractivity contribution < 1.29 is 13.9 Å². The van der Waals surface area contributed by atoms with E-state index in [1.807, 2.05) is 0 Å². The molecule has 1 aromatic rings. The Kier molecular flexibility index (Phi) is 3.52. The van der Waals surface area contributed by atoms with Crippen LogP contribution in [0, 0.1) is 18.7 Å². The molecule has 0 bridgehead atoms. The number of aryl methyl sites for hydroxylation is 1. The molecule has 5 heteroatoms. The quantitative estimate of drug-likeness (QED) is 0.902. The first-order valence-corrected chi connectivity index (χ1v) is 5.79. The van der Waals surface area contributed by atoms with Crippen LogP contribution in [0.3, 0.4) is 0 Å². The number of halogens is 2. The van der Waals surface area contributed by atoms with Crippen LogP contribution < -0.4 is 10.1 Å². The van der Waals surface area contributed by atoms with Gasteiger partial charge in [0, 0.05) is 24.9 Å². The average molecular weight is 258 g/mol. The molecule has 0 saturated carbocycles. The molecule has 0 spiro atoms. The maximum absolute atomic E-state index is 13.2. The van der Waals surface area contributed by atoms with Gasteiger partial charge < -0.3 is 10.1 Å². The molecule has 1 fully saturated rings. The van der Waals surface area contributed by atoms with Gasteiger partial charge in [-0.25, -0.2) is 4.39 Å². The molecule has 1 N–H and O–H groups in total. The van der Waals surface area contributed by atoms with Crippen LogP contribution in [0.1, 0.15) is 12.0 Å². The summed E-state index contributed by atoms with van der Waals surface area (Å²) in [6.45, 7) is 2.69. The smallest absolute Gasteiger partial charge is 0.220 e. The van der Waals surface area contributed by atoms with Crippen LogP contribution in [0.5, 0.6) is 5.75 Å². The highest BCUT2D eigenvalue weighted by Crippen LogP contribution is 2.29. The van der Waals surface area contributed by atoms with Gasteiger partial charge in [-0.2, -0.15) is 0 Å². The van der Waals surface area contributed by atoms with Crippen LogP contribution in [0.4, 0.5) is 4.39 Å². The molecule has 1 heterocycles. The number of benzene rings is 1. The van der Waals surface area contributed by atoms with E-state index in [-0.39, 0.29) is 17.6 Å². The van der Waals surface area contributed by atoms with Gasteiger partial charge in [0.05, 0.1) is 11.6 Å². The van der Waals surface area contributed by atoms with Crippen molar-refractivity contribution in [3.8, 4) is 5.75 Å². The highest BCUT2D eigenvalue weighted by atomic mass is 35.5. The summed E-state index contributed by atoms with van der Waals surface area (Å²) in [6.07, 6.45) is 0.450. The van der Waals surface area contributed by atoms with Crippen LogP contribution in [0.2, 0.25) is 5.02 Å². The summed E-state index contributed by atoms with van der Waals surface area (Å²) >= 11 is 6.01. The van der Waals surface area contributed by atoms with E-state index in [1.54, 1.807) is 6.92 Å². The molecule has 1 aromatic carbocycles. The lowest BCUT2D eigenvalue weighted by atomic mass is 10.1. The van der Waals surface area contributed by atoms with Crippen molar-refractivity contribution >= 4 is 17.5 Å². The Labute approximate surface area is 104 Å². The van der Waals surface area contributed by atoms with Crippen LogP contribution in [0.15, 0.2) is 12.1 Å². The maximum atomic E-state index is 13.2. The number of nitrogens with one attached hydrogen (secondary N) is 1. The predicted molar refractivity (Wildman–Crippen MR) is 62.8 cm³/mol. The number of hydrogen-bond acceptors (Lipinski definition) is 2. The number of carbonyl (C=O) groups excluding carboxylic acids is 1. The highest BCUT2D eigenvalue weighted by Gasteiger charge is 2.22. The van der Waals surface area contributed by atoms with Crippen LogP contribution >= 0.6 is 11.6 Å². The monoisotopic (exact) mass is 257 g/mol. The summed E-state index contributed by atoms with van der Waals surface area (Å²) in [5, 5.41) is 3.14. The normalized spacial score (nSPS) is 19.2. The van der Waals surface area contributed by atoms with Crippen molar-refractivity contribution in [2.75, 3.05) is 13.2 Å². The SMILES string of the molecule is Cc1cc(F)cc(OC[C@@H]2CNC(=O)C2)c1Cl. The summed E-state index contributed by atoms with van der Waals surface area (Å²) in [5.41, 5.74) is 0.641. The van der Waals surface area contributed by atoms with Crippen molar-refractivity contribution in [3.05, 3.63) is 28.5 Å². The number of carbonyl (C=O) groups is 1. The highest BCUT2D eigenvalue weighted by molar-refractivity contribution is 6.32. The van der Waals surface area contributed by atoms with E-state index in [9.17, 15) is 9.18 Å². The molecule has 1 amide bonds. The second-order valence-electron chi connectivity index (χ2n) is 4.22. The van der Waals surface area contributed by atoms with Gasteiger partial charge >= 0.3 is 0 Å². The average Bonchev–Trinajstić information content (AvgIpc) is 2.67. The lowest BCUT2D eigenvalue weighted by Gasteiger charge is -2.12. The third-order valence-electron chi connectivity index (χ3n) is 2.72. The third kappa shape index (κ3) is 2.88. The number of hydrogen-bond donors (Lipinski definition) is 1. The van der Waals surface area contributed by atoms with Gasteiger partial charge in [-0.1, -0.05) is 11.6 Å². The van der Waals surface area contributed by atoms with Crippen molar-refractivity contribution in [2.24, 2.45) is 5.92 Å². The number of ether oxygens (including phenoxy) is 1. The summed E-state index contributed by atoms with van der Waals surface area (Å²) in [6, 6.07) is 2.62. The van der Waals surface area contributed by atoms with E-state index in [2.05, 4.69) is 5.32 Å². The zero-order valence-electron chi connectivity index (χ0n) is 9.43. The zero-order chi connectivity index (χ0) is 12.4. The van der Waals surface area contributed by atoms with E-state index < -0.39 is 0 Å². The Morgan fingerprint density at radius 2 is 2.35 bits per heavy atom. The molecule has 1 aliphatic heterocycles. The summed E-state index contributed by atoms with van der Waals surface area (Å²) in [7, 11) is 0. The van der Waals surface area contributed by atoms with Crippen molar-refractivity contribution in [1.82, 2.24) is 5.32 Å². The third-order valence-corrected chi connectivity index (χ3v) is 3.21. The summed E-state index contributed by atoms with van der Waals surface area (Å²) < 4.78 is 18.6. The first kappa shape index (κ1) is 12.2. The number of amides is 1. The van der Waals surface area contributed by atoms with Crippen LogP contribution in [-0.2, 0) is 4.79 Å². The largest absolute Gasteiger partial charge is 0.492 e. The Morgan fingerprint density at radius 3 is 3.00 bits per heavy atom. The molecule has 1 atom stereocenters. The van der Waals surface area contributed by atoms with Crippen molar-refractivity contribution in [1.29, 1.82) is 0 Å². The maximum Gasteiger partial charge on any atom is 0.220 e. The first-order valence-electron chi connectivity index (χ1n) is 5.41. The lowest BCUT2D eigenvalue weighted by Crippen LogP contribution is -2.16. The van der Waals surface area contributed by atoms with E-state index >= 15 is 0 Å². The number of rotatable bonds is 3. The molecule has 3 nitrogen and oxygen atoms in total. The topological polar surface area (TPSA) is 38.3 Å². The Hall–Kier alpha value is -1.29. The minimum Gasteiger partial charge on any atom is -0.492 e. The van der Waals surface area contributed by atoms with Crippen molar-refractivity contribution in [3.63, 3.8) is 0 Å². The van der Waals surface area contributed by atoms with Gasteiger partial charge in [0.2, 0.25) is 5.91 Å². The van der Waals surface area contributed by atoms with Gasteiger partial charge in [0.1, 0.15) is 11.6 Å². The standard InChI is InChI=1S/C12H13ClFNO2/c1-7-2-9(14)4-10(12(7)13)17-6-8-3-11(16)15-5-8/h2,4,8H,3,5-6H2,1H3,(H,15,16)/t8-/m0/s1. The predicted octanol–water partition coefficient (Wildman–Crippen LogP) is 2.30. The minimum atomic E-state index is -0.373. The van der Waals surface area contributed by atoms with Gasteiger partial charge in [0.25, 0.3) is 0 Å². The molecule has 0 aliphatic carbocycles. The molecule has 17 heavy (non-hydrogen) atoms. The van der Waals surface area contributed by atoms with E-state index in [0.29, 0.717) is 35.9 Å². The fraction of sp³-hybridized carbons (Fsp3) is 0.417. The minimum absolute atomic E-state index is 0.0279. The Bertz CT molecular complexity index is 450. The molecular formula is C12H13ClFNO2. The fourth-order valence-electron chi connectivity index (χ4n) is 1.79. The van der Waals surface area contributed by atoms with Gasteiger partial charge in [0.15, 0.2) is 0 Å². The summed E-state index contributed by atoms with van der Waals surface area (Å²) in [5.74, 6) is 0.119. The van der Waals surface area contributed by atoms with Gasteiger partial charge in [-0.05, 0) is 18.6 Å². The van der Waals surface area contributed by atoms with Gasteiger partial charge in [-0.15, -0.1) is 0 Å². The molecule has 92 valence electrons. The van der Waals surface area contributed by atoms with Crippen LogP contribution in [-0.4, -0.2) is 19.1 Å². The first-order chi connectivity index (χ1) is 8.06. The van der Waals surface area contributed by atoms with Crippen LogP contribution in [0.25, 0.3) is 0 Å². The molecule has 1 saturated heterocycles. The molecular weight excluding hydrogens is 245 g/mol. The Balaban J connectivity index is 2.01. The van der Waals surface area contributed by atoms with Crippen molar-refractivity contribution in [2.45, 2.75) is 13.3 Å². The Morgan fingerprint density at radius 1 is 1.59 bits per heavy atom. The second kappa shape index (κ2) is 4.92. The van der Waals surface area contributed by atoms with E-state index in [0.717, 1.165) is 0 Å². The van der Waals surface area contributed by atoms with E-state index in [1.165, 1.54) is 12.1 Å². The van der Waals surface area contributed by atoms with Gasteiger partial charge in [-0.3, -0.25) is 4.79 Å². The van der Waals surface area contributed by atoms with E-state index in [4.69, 9.17) is 16.3 Å². The lowest BCUT2D eigenvalue weighted by molar-refractivity contribution is -0.119. The molecule has 2 rings (SSSR count). The zero-order valence-corrected chi connectivity index (χ0v) is 10.2. The fourth-order valence-corrected chi connectivity index (χ4v) is 1.95. The summed E-state index contributed by atoms with van der Waals surface area (Å²) in [4.78, 5) is 11.0. The molecule has 0 radical (unpaired) electrons. The second-order valence-corrected chi connectivity index (χ2v) is 4.60.